The van der Waals surface area contributed by atoms with Crippen LogP contribution in [0, 0.1) is 5.21 Å². The quantitative estimate of drug-likeness (QED) is 0.356. The molecular weight excluding hydrogens is 146 g/mol. The molecule has 0 N–H and O–H groups in total. The van der Waals surface area contributed by atoms with E-state index in [-0.39, 0.29) is 11.3 Å². The normalized spacial score (nSPS) is 10.2. The highest BCUT2D eigenvalue weighted by atomic mass is 16.5. The lowest BCUT2D eigenvalue weighted by Crippen LogP contribution is -2.27. The van der Waals surface area contributed by atoms with Gasteiger partial charge in [-0.1, -0.05) is 0 Å². The Hall–Kier alpha value is -1.85. The molecule has 0 radical (unpaired) electrons. The molecule has 0 bridgehead atoms. The molecule has 54 valence electrons. The van der Waals surface area contributed by atoms with Gasteiger partial charge in [0, 0.05) is 0 Å². The predicted molar refractivity (Wildman–Crippen MR) is 34.1 cm³/mol. The second kappa shape index (κ2) is 2.08. The van der Waals surface area contributed by atoms with Gasteiger partial charge in [-0.15, -0.1) is 10.2 Å². The summed E-state index contributed by atoms with van der Waals surface area (Å²) in [7, 11) is 0. The maximum atomic E-state index is 10.9. The summed E-state index contributed by atoms with van der Waals surface area (Å²) in [4.78, 5) is 7.48. The van der Waals surface area contributed by atoms with Crippen LogP contribution in [0.2, 0.25) is 0 Å². The maximum absolute atomic E-state index is 10.9. The molecule has 6 nitrogen and oxygen atoms in total. The average molecular weight is 149 g/mol. The van der Waals surface area contributed by atoms with Gasteiger partial charge in [0.25, 0.3) is 5.65 Å². The van der Waals surface area contributed by atoms with E-state index in [4.69, 9.17) is 0 Å². The third kappa shape index (κ3) is 0.841. The third-order valence-corrected chi connectivity index (χ3v) is 1.19. The fourth-order valence-electron chi connectivity index (χ4n) is 0.738. The minimum atomic E-state index is 0.183. The highest BCUT2D eigenvalue weighted by molar-refractivity contribution is 5.57. The van der Waals surface area contributed by atoms with Crippen molar-refractivity contribution in [2.75, 3.05) is 0 Å². The molecule has 0 aliphatic heterocycles. The summed E-state index contributed by atoms with van der Waals surface area (Å²) in [6, 6.07) is 0. The number of fused-ring (bicyclic) bond motifs is 1. The summed E-state index contributed by atoms with van der Waals surface area (Å²) >= 11 is 0. The van der Waals surface area contributed by atoms with E-state index in [1.165, 1.54) is 18.7 Å². The van der Waals surface area contributed by atoms with Gasteiger partial charge in [0.1, 0.15) is 6.20 Å². The summed E-state index contributed by atoms with van der Waals surface area (Å²) in [5.41, 5.74) is 0.438. The Kier molecular flexibility index (Phi) is 1.12. The molecule has 0 aliphatic rings. The molecule has 0 saturated carbocycles. The first-order valence-electron chi connectivity index (χ1n) is 2.89. The van der Waals surface area contributed by atoms with Crippen molar-refractivity contribution in [3.8, 4) is 0 Å². The molecule has 0 amide bonds. The van der Waals surface area contributed by atoms with Crippen molar-refractivity contribution >= 4 is 11.3 Å². The summed E-state index contributed by atoms with van der Waals surface area (Å²) in [5, 5.41) is 18.0. The van der Waals surface area contributed by atoms with Crippen LogP contribution in [0.3, 0.4) is 0 Å². The van der Waals surface area contributed by atoms with Crippen molar-refractivity contribution in [1.82, 2.24) is 20.2 Å². The van der Waals surface area contributed by atoms with E-state index in [1.54, 1.807) is 0 Å². The highest BCUT2D eigenvalue weighted by Crippen LogP contribution is 1.92. The Bertz CT molecular complexity index is 384. The lowest BCUT2D eigenvalue weighted by atomic mass is 10.6. The minimum Gasteiger partial charge on any atom is -0.710 e. The van der Waals surface area contributed by atoms with E-state index in [0.29, 0.717) is 4.73 Å². The first kappa shape index (κ1) is 5.90. The number of aromatic nitrogens is 5. The van der Waals surface area contributed by atoms with E-state index in [9.17, 15) is 5.21 Å². The molecule has 0 saturated heterocycles. The predicted octanol–water partition coefficient (Wildman–Crippen LogP) is -0.947. The Morgan fingerprint density at radius 1 is 1.36 bits per heavy atom. The van der Waals surface area contributed by atoms with Gasteiger partial charge < -0.3 is 5.21 Å². The Labute approximate surface area is 61.1 Å². The van der Waals surface area contributed by atoms with Gasteiger partial charge in [0.05, 0.1) is 6.20 Å². The summed E-state index contributed by atoms with van der Waals surface area (Å²) in [6.45, 7) is 0. The molecule has 0 fully saturated rings. The van der Waals surface area contributed by atoms with Crippen LogP contribution in [0.5, 0.6) is 0 Å². The monoisotopic (exact) mass is 149 g/mol. The molecule has 0 unspecified atom stereocenters. The van der Waals surface area contributed by atoms with Gasteiger partial charge in [-0.25, -0.2) is 9.71 Å². The van der Waals surface area contributed by atoms with Gasteiger partial charge in [-0.3, -0.25) is 0 Å². The number of rotatable bonds is 0. The van der Waals surface area contributed by atoms with Crippen LogP contribution in [0.15, 0.2) is 18.7 Å². The van der Waals surface area contributed by atoms with Gasteiger partial charge in [-0.05, 0) is 4.98 Å². The van der Waals surface area contributed by atoms with Crippen molar-refractivity contribution in [2.45, 2.75) is 0 Å². The van der Waals surface area contributed by atoms with Gasteiger partial charge >= 0.3 is 5.65 Å². The van der Waals surface area contributed by atoms with Crippen molar-refractivity contribution in [2.24, 2.45) is 0 Å². The topological polar surface area (TPSA) is 78.5 Å². The summed E-state index contributed by atoms with van der Waals surface area (Å²) in [5.74, 6) is 0. The van der Waals surface area contributed by atoms with Crippen LogP contribution in [-0.4, -0.2) is 20.2 Å². The van der Waals surface area contributed by atoms with Crippen LogP contribution in [0.4, 0.5) is 0 Å². The van der Waals surface area contributed by atoms with Crippen LogP contribution in [0.25, 0.3) is 11.3 Å². The van der Waals surface area contributed by atoms with E-state index >= 15 is 0 Å². The van der Waals surface area contributed by atoms with E-state index < -0.39 is 0 Å². The lowest BCUT2D eigenvalue weighted by molar-refractivity contribution is -0.579. The molecule has 2 rings (SSSR count). The Balaban J connectivity index is 2.91. The second-order valence-electron chi connectivity index (χ2n) is 1.86. The van der Waals surface area contributed by atoms with Gasteiger partial charge in [0.2, 0.25) is 6.33 Å². The smallest absolute Gasteiger partial charge is 0.374 e. The van der Waals surface area contributed by atoms with Crippen molar-refractivity contribution in [3.63, 3.8) is 0 Å². The highest BCUT2D eigenvalue weighted by Gasteiger charge is 2.04. The van der Waals surface area contributed by atoms with Gasteiger partial charge in [0.15, 0.2) is 0 Å². The maximum Gasteiger partial charge on any atom is 0.374 e. The Morgan fingerprint density at radius 3 is 3.09 bits per heavy atom. The van der Waals surface area contributed by atoms with E-state index in [2.05, 4.69) is 20.2 Å². The molecule has 11 heavy (non-hydrogen) atoms. The van der Waals surface area contributed by atoms with Crippen LogP contribution in [-0.2, 0) is 0 Å². The number of nitrogens with zero attached hydrogens (tertiary/aromatic N) is 5. The Morgan fingerprint density at radius 2 is 2.27 bits per heavy atom. The zero-order chi connectivity index (χ0) is 7.68. The molecule has 0 aliphatic carbocycles. The minimum absolute atomic E-state index is 0.183. The molecule has 0 spiro atoms. The van der Waals surface area contributed by atoms with Crippen molar-refractivity contribution < 1.29 is 4.73 Å². The summed E-state index contributed by atoms with van der Waals surface area (Å²) in [6.07, 6.45) is 3.82. The average Bonchev–Trinajstić information content (AvgIpc) is 2.06. The van der Waals surface area contributed by atoms with Crippen LogP contribution < -0.4 is 4.73 Å². The van der Waals surface area contributed by atoms with Crippen LogP contribution in [0.1, 0.15) is 0 Å². The second-order valence-corrected chi connectivity index (χ2v) is 1.86. The molecule has 6 heteroatoms. The number of hydrogen-bond acceptors (Lipinski definition) is 5. The molecule has 2 aromatic rings. The fraction of sp³-hybridized carbons (Fsp3) is 0. The van der Waals surface area contributed by atoms with Crippen molar-refractivity contribution in [1.29, 1.82) is 0 Å². The van der Waals surface area contributed by atoms with Crippen LogP contribution >= 0.6 is 0 Å². The number of hydrogen-bond donors (Lipinski definition) is 0. The van der Waals surface area contributed by atoms with Gasteiger partial charge in [-0.2, -0.15) is 0 Å². The molecule has 0 aromatic carbocycles. The zero-order valence-electron chi connectivity index (χ0n) is 5.38. The molecular formula is C5H3N5O. The van der Waals surface area contributed by atoms with E-state index in [1.807, 2.05) is 0 Å². The van der Waals surface area contributed by atoms with Crippen molar-refractivity contribution in [3.05, 3.63) is 23.9 Å². The SMILES string of the molecule is [O-][n+]1ccnc2nncnc21. The molecule has 0 atom stereocenters. The molecule has 2 heterocycles. The largest absolute Gasteiger partial charge is 0.710 e. The molecule has 2 aromatic heterocycles. The van der Waals surface area contributed by atoms with E-state index in [0.717, 1.165) is 0 Å². The first-order valence-corrected chi connectivity index (χ1v) is 2.89. The third-order valence-electron chi connectivity index (χ3n) is 1.19. The summed E-state index contributed by atoms with van der Waals surface area (Å²) < 4.78 is 0.594. The fourth-order valence-corrected chi connectivity index (χ4v) is 0.738. The standard InChI is InChI=1S/C5H3N5O/c11-10-2-1-6-4-5(10)7-3-8-9-4/h1-3H. The first-order chi connectivity index (χ1) is 5.38. The zero-order valence-corrected chi connectivity index (χ0v) is 5.38. The lowest BCUT2D eigenvalue weighted by Gasteiger charge is -1.98.